The average Bonchev–Trinajstić information content (AvgIpc) is 2.22. The van der Waals surface area contributed by atoms with Crippen molar-refractivity contribution < 1.29 is 19.5 Å². The highest BCUT2D eigenvalue weighted by atomic mass is 16.7. The number of carboxylic acids is 1. The molecule has 0 radical (unpaired) electrons. The third-order valence-electron chi connectivity index (χ3n) is 1.72. The second-order valence-corrected chi connectivity index (χ2v) is 3.84. The van der Waals surface area contributed by atoms with Gasteiger partial charge in [-0.25, -0.2) is 15.1 Å². The second-order valence-electron chi connectivity index (χ2n) is 3.84. The Bertz CT molecular complexity index is 298. The van der Waals surface area contributed by atoms with Gasteiger partial charge in [-0.2, -0.15) is 5.26 Å². The minimum atomic E-state index is -1.17. The number of rotatable bonds is 7. The van der Waals surface area contributed by atoms with Gasteiger partial charge in [0.2, 0.25) is 0 Å². The molecule has 0 aliphatic heterocycles. The van der Waals surface area contributed by atoms with Gasteiger partial charge in [-0.05, 0) is 5.92 Å². The first-order chi connectivity index (χ1) is 7.97. The summed E-state index contributed by atoms with van der Waals surface area (Å²) in [6, 6.07) is 1.41. The van der Waals surface area contributed by atoms with Crippen LogP contribution < -0.4 is 5.48 Å². The smallest absolute Gasteiger partial charge is 0.341 e. The summed E-state index contributed by atoms with van der Waals surface area (Å²) in [6.45, 7) is 4.04. The Morgan fingerprint density at radius 3 is 2.65 bits per heavy atom. The van der Waals surface area contributed by atoms with E-state index < -0.39 is 18.6 Å². The van der Waals surface area contributed by atoms with Crippen LogP contribution in [0.4, 0.5) is 4.79 Å². The average molecular weight is 243 g/mol. The maximum Gasteiger partial charge on any atom is 0.341 e. The Morgan fingerprint density at radius 1 is 1.53 bits per heavy atom. The molecule has 0 aliphatic carbocycles. The van der Waals surface area contributed by atoms with Gasteiger partial charge in [0.25, 0.3) is 0 Å². The molecule has 7 heteroatoms. The summed E-state index contributed by atoms with van der Waals surface area (Å²) >= 11 is 0. The van der Waals surface area contributed by atoms with Gasteiger partial charge in [-0.15, -0.1) is 0 Å². The number of hydrogen-bond acceptors (Lipinski definition) is 4. The van der Waals surface area contributed by atoms with Gasteiger partial charge in [-0.1, -0.05) is 13.8 Å². The standard InChI is InChI=1S/C10H17N3O4/c1-8(2)6-13(5-3-4-11)10(16)12-17-7-9(14)15/h8H,3,5-7H2,1-2H3,(H,12,16)(H,14,15). The largest absolute Gasteiger partial charge is 0.479 e. The third kappa shape index (κ3) is 8.04. The molecule has 0 aromatic carbocycles. The first kappa shape index (κ1) is 15.2. The molecule has 17 heavy (non-hydrogen) atoms. The van der Waals surface area contributed by atoms with Crippen molar-refractivity contribution in [3.8, 4) is 6.07 Å². The van der Waals surface area contributed by atoms with Gasteiger partial charge >= 0.3 is 12.0 Å². The molecule has 0 fully saturated rings. The van der Waals surface area contributed by atoms with Crippen LogP contribution in [0.5, 0.6) is 0 Å². The molecule has 0 saturated carbocycles. The Morgan fingerprint density at radius 2 is 2.18 bits per heavy atom. The Kier molecular flexibility index (Phi) is 7.46. The van der Waals surface area contributed by atoms with E-state index in [9.17, 15) is 9.59 Å². The quantitative estimate of drug-likeness (QED) is 0.637. The van der Waals surface area contributed by atoms with Crippen LogP contribution >= 0.6 is 0 Å². The maximum atomic E-state index is 11.6. The van der Waals surface area contributed by atoms with E-state index in [1.807, 2.05) is 25.4 Å². The molecule has 0 bridgehead atoms. The highest BCUT2D eigenvalue weighted by molar-refractivity contribution is 5.73. The van der Waals surface area contributed by atoms with Gasteiger partial charge < -0.3 is 10.0 Å². The van der Waals surface area contributed by atoms with E-state index in [2.05, 4.69) is 4.84 Å². The third-order valence-corrected chi connectivity index (χ3v) is 1.72. The van der Waals surface area contributed by atoms with Crippen molar-refractivity contribution >= 4 is 12.0 Å². The molecule has 0 unspecified atom stereocenters. The van der Waals surface area contributed by atoms with Crippen molar-refractivity contribution in [1.82, 2.24) is 10.4 Å². The summed E-state index contributed by atoms with van der Waals surface area (Å²) in [5.41, 5.74) is 2.03. The van der Waals surface area contributed by atoms with Crippen LogP contribution in [0.15, 0.2) is 0 Å². The zero-order chi connectivity index (χ0) is 13.3. The summed E-state index contributed by atoms with van der Waals surface area (Å²) in [5.74, 6) is -0.920. The second kappa shape index (κ2) is 8.35. The van der Waals surface area contributed by atoms with Crippen LogP contribution in [0, 0.1) is 17.2 Å². The predicted octanol–water partition coefficient (Wildman–Crippen LogP) is 0.584. The van der Waals surface area contributed by atoms with Gasteiger partial charge in [0, 0.05) is 13.1 Å². The number of carbonyl (C=O) groups excluding carboxylic acids is 1. The fourth-order valence-corrected chi connectivity index (χ4v) is 1.13. The Labute approximate surface area is 99.9 Å². The van der Waals surface area contributed by atoms with E-state index in [0.717, 1.165) is 0 Å². The molecule has 2 amide bonds. The number of hydroxylamine groups is 1. The molecule has 0 aliphatic rings. The summed E-state index contributed by atoms with van der Waals surface area (Å²) in [5, 5.41) is 16.8. The molecule has 0 aromatic heterocycles. The zero-order valence-corrected chi connectivity index (χ0v) is 9.97. The normalized spacial score (nSPS) is 9.76. The first-order valence-electron chi connectivity index (χ1n) is 5.22. The number of nitrogens with zero attached hydrogens (tertiary/aromatic N) is 2. The van der Waals surface area contributed by atoms with Crippen molar-refractivity contribution in [1.29, 1.82) is 5.26 Å². The highest BCUT2D eigenvalue weighted by Crippen LogP contribution is 2.00. The fraction of sp³-hybridized carbons (Fsp3) is 0.700. The lowest BCUT2D eigenvalue weighted by Gasteiger charge is -2.23. The topological polar surface area (TPSA) is 103 Å². The lowest BCUT2D eigenvalue weighted by Crippen LogP contribution is -2.42. The molecule has 0 spiro atoms. The molecular weight excluding hydrogens is 226 g/mol. The number of urea groups is 1. The molecule has 0 aromatic rings. The van der Waals surface area contributed by atoms with E-state index in [0.29, 0.717) is 6.54 Å². The van der Waals surface area contributed by atoms with Crippen LogP contribution in [-0.4, -0.2) is 41.7 Å². The summed E-state index contributed by atoms with van der Waals surface area (Å²) in [7, 11) is 0. The van der Waals surface area contributed by atoms with Crippen LogP contribution in [0.1, 0.15) is 20.3 Å². The van der Waals surface area contributed by atoms with E-state index in [4.69, 9.17) is 10.4 Å². The number of carbonyl (C=O) groups is 2. The minimum Gasteiger partial charge on any atom is -0.479 e. The number of carboxylic acid groups (broad SMARTS) is 1. The van der Waals surface area contributed by atoms with Crippen LogP contribution in [-0.2, 0) is 9.63 Å². The summed E-state index contributed by atoms with van der Waals surface area (Å²) in [6.07, 6.45) is 0.221. The Balaban J connectivity index is 4.12. The summed E-state index contributed by atoms with van der Waals surface area (Å²) < 4.78 is 0. The lowest BCUT2D eigenvalue weighted by atomic mass is 10.2. The molecule has 7 nitrogen and oxygen atoms in total. The fourth-order valence-electron chi connectivity index (χ4n) is 1.13. The van der Waals surface area contributed by atoms with Crippen molar-refractivity contribution in [3.63, 3.8) is 0 Å². The molecule has 96 valence electrons. The van der Waals surface area contributed by atoms with Gasteiger partial charge in [0.05, 0.1) is 12.5 Å². The van der Waals surface area contributed by atoms with Gasteiger partial charge in [-0.3, -0.25) is 4.84 Å². The Hall–Kier alpha value is -1.81. The number of nitrogens with one attached hydrogen (secondary N) is 1. The number of hydrogen-bond donors (Lipinski definition) is 2. The van der Waals surface area contributed by atoms with Gasteiger partial charge in [0.15, 0.2) is 6.61 Å². The van der Waals surface area contributed by atoms with E-state index in [-0.39, 0.29) is 18.9 Å². The van der Waals surface area contributed by atoms with Crippen molar-refractivity contribution in [3.05, 3.63) is 0 Å². The molecule has 0 rings (SSSR count). The zero-order valence-electron chi connectivity index (χ0n) is 9.97. The van der Waals surface area contributed by atoms with E-state index in [1.54, 1.807) is 0 Å². The molecule has 0 atom stereocenters. The van der Waals surface area contributed by atoms with E-state index >= 15 is 0 Å². The maximum absolute atomic E-state index is 11.6. The highest BCUT2D eigenvalue weighted by Gasteiger charge is 2.14. The monoisotopic (exact) mass is 243 g/mol. The van der Waals surface area contributed by atoms with Crippen LogP contribution in [0.2, 0.25) is 0 Å². The van der Waals surface area contributed by atoms with Gasteiger partial charge in [0.1, 0.15) is 0 Å². The van der Waals surface area contributed by atoms with Crippen LogP contribution in [0.25, 0.3) is 0 Å². The van der Waals surface area contributed by atoms with Crippen molar-refractivity contribution in [2.24, 2.45) is 5.92 Å². The summed E-state index contributed by atoms with van der Waals surface area (Å²) in [4.78, 5) is 27.6. The van der Waals surface area contributed by atoms with Crippen LogP contribution in [0.3, 0.4) is 0 Å². The molecule has 2 N–H and O–H groups in total. The predicted molar refractivity (Wildman–Crippen MR) is 58.8 cm³/mol. The first-order valence-corrected chi connectivity index (χ1v) is 5.22. The molecular formula is C10H17N3O4. The molecule has 0 heterocycles. The minimum absolute atomic E-state index is 0.221. The van der Waals surface area contributed by atoms with Crippen molar-refractivity contribution in [2.45, 2.75) is 20.3 Å². The van der Waals surface area contributed by atoms with Crippen molar-refractivity contribution in [2.75, 3.05) is 19.7 Å². The lowest BCUT2D eigenvalue weighted by molar-refractivity contribution is -0.144. The van der Waals surface area contributed by atoms with E-state index in [1.165, 1.54) is 4.90 Å². The number of nitriles is 1. The number of amides is 2. The number of aliphatic carboxylic acids is 1. The molecule has 0 saturated heterocycles. The SMILES string of the molecule is CC(C)CN(CCC#N)C(=O)NOCC(=O)O.